The standard InChI is InChI=1S/C25H14N2O2/c1-3-9-20-16(6-1)18-14-15(11-12-22(18)28-20)27-19-8-5-13-26-24(19)23-17-7-2-4-10-21(17)29-25(23)27/h1-14H. The van der Waals surface area contributed by atoms with Crippen LogP contribution < -0.4 is 0 Å². The van der Waals surface area contributed by atoms with Gasteiger partial charge in [-0.25, -0.2) is 0 Å². The maximum absolute atomic E-state index is 6.30. The van der Waals surface area contributed by atoms with Crippen molar-refractivity contribution in [1.29, 1.82) is 0 Å². The number of nitrogens with zero attached hydrogens (tertiary/aromatic N) is 2. The summed E-state index contributed by atoms with van der Waals surface area (Å²) in [7, 11) is 0. The number of fused-ring (bicyclic) bond motifs is 8. The van der Waals surface area contributed by atoms with Crippen molar-refractivity contribution >= 4 is 55.0 Å². The zero-order valence-corrected chi connectivity index (χ0v) is 15.3. The summed E-state index contributed by atoms with van der Waals surface area (Å²) in [6, 6.07) is 26.6. The molecule has 136 valence electrons. The Morgan fingerprint density at radius 2 is 1.41 bits per heavy atom. The van der Waals surface area contributed by atoms with Gasteiger partial charge >= 0.3 is 0 Å². The molecule has 0 amide bonds. The van der Waals surface area contributed by atoms with E-state index >= 15 is 0 Å². The highest BCUT2D eigenvalue weighted by molar-refractivity contribution is 6.18. The summed E-state index contributed by atoms with van der Waals surface area (Å²) < 4.78 is 14.5. The Morgan fingerprint density at radius 3 is 2.31 bits per heavy atom. The Labute approximate surface area is 164 Å². The predicted molar refractivity (Wildman–Crippen MR) is 116 cm³/mol. The molecule has 4 heterocycles. The second kappa shape index (κ2) is 5.26. The minimum Gasteiger partial charge on any atom is -0.456 e. The van der Waals surface area contributed by atoms with E-state index < -0.39 is 0 Å². The molecule has 0 atom stereocenters. The fourth-order valence-electron chi connectivity index (χ4n) is 4.41. The van der Waals surface area contributed by atoms with Crippen LogP contribution in [-0.2, 0) is 0 Å². The van der Waals surface area contributed by atoms with Gasteiger partial charge < -0.3 is 8.83 Å². The highest BCUT2D eigenvalue weighted by Gasteiger charge is 2.20. The van der Waals surface area contributed by atoms with Gasteiger partial charge in [0.1, 0.15) is 22.3 Å². The highest BCUT2D eigenvalue weighted by Crippen LogP contribution is 2.39. The van der Waals surface area contributed by atoms with Gasteiger partial charge in [-0.3, -0.25) is 9.55 Å². The maximum Gasteiger partial charge on any atom is 0.215 e. The second-order valence-corrected chi connectivity index (χ2v) is 7.26. The zero-order valence-electron chi connectivity index (χ0n) is 15.3. The Balaban J connectivity index is 1.65. The first kappa shape index (κ1) is 14.9. The minimum atomic E-state index is 0.812. The van der Waals surface area contributed by atoms with Crippen LogP contribution in [0, 0.1) is 0 Å². The molecule has 0 aliphatic rings. The van der Waals surface area contributed by atoms with E-state index in [0.717, 1.165) is 60.7 Å². The van der Waals surface area contributed by atoms with Gasteiger partial charge in [-0.1, -0.05) is 36.4 Å². The Morgan fingerprint density at radius 1 is 0.655 bits per heavy atom. The molecule has 7 aromatic rings. The van der Waals surface area contributed by atoms with Gasteiger partial charge in [0.2, 0.25) is 5.71 Å². The molecule has 0 aliphatic heterocycles. The number of benzene rings is 3. The first-order valence-corrected chi connectivity index (χ1v) is 9.57. The summed E-state index contributed by atoms with van der Waals surface area (Å²) in [6.07, 6.45) is 1.83. The van der Waals surface area contributed by atoms with Crippen LogP contribution in [-0.4, -0.2) is 9.55 Å². The van der Waals surface area contributed by atoms with Crippen LogP contribution in [0.1, 0.15) is 0 Å². The van der Waals surface area contributed by atoms with Crippen molar-refractivity contribution in [1.82, 2.24) is 9.55 Å². The van der Waals surface area contributed by atoms with Crippen molar-refractivity contribution in [3.63, 3.8) is 0 Å². The Hall–Kier alpha value is -4.05. The molecule has 29 heavy (non-hydrogen) atoms. The van der Waals surface area contributed by atoms with Crippen LogP contribution in [0.15, 0.2) is 93.9 Å². The van der Waals surface area contributed by atoms with Gasteiger partial charge in [-0.15, -0.1) is 0 Å². The molecule has 0 unspecified atom stereocenters. The summed E-state index contributed by atoms with van der Waals surface area (Å²) in [5.74, 6) is 0. The van der Waals surface area contributed by atoms with Gasteiger partial charge in [-0.2, -0.15) is 0 Å². The smallest absolute Gasteiger partial charge is 0.215 e. The van der Waals surface area contributed by atoms with Gasteiger partial charge in [-0.05, 0) is 42.5 Å². The zero-order chi connectivity index (χ0) is 18.9. The van der Waals surface area contributed by atoms with Crippen LogP contribution in [0.3, 0.4) is 0 Å². The third-order valence-electron chi connectivity index (χ3n) is 5.66. The summed E-state index contributed by atoms with van der Waals surface area (Å²) >= 11 is 0. The summed E-state index contributed by atoms with van der Waals surface area (Å²) in [5, 5.41) is 4.33. The lowest BCUT2D eigenvalue weighted by Crippen LogP contribution is -1.93. The first-order valence-electron chi connectivity index (χ1n) is 9.57. The van der Waals surface area contributed by atoms with Crippen molar-refractivity contribution in [3.05, 3.63) is 85.1 Å². The third kappa shape index (κ3) is 1.90. The SMILES string of the molecule is c1ccc2c(c1)oc1ccc(-n3c4cccnc4c4c5ccccc5oc43)cc12. The maximum atomic E-state index is 6.30. The van der Waals surface area contributed by atoms with Crippen LogP contribution in [0.25, 0.3) is 60.7 Å². The summed E-state index contributed by atoms with van der Waals surface area (Å²) in [6.45, 7) is 0. The molecule has 0 saturated carbocycles. The van der Waals surface area contributed by atoms with Crippen LogP contribution in [0.4, 0.5) is 0 Å². The molecule has 4 aromatic heterocycles. The Bertz CT molecular complexity index is 1720. The largest absolute Gasteiger partial charge is 0.456 e. The topological polar surface area (TPSA) is 44.1 Å². The molecule has 0 saturated heterocycles. The molecule has 0 bridgehead atoms. The molecule has 0 radical (unpaired) electrons. The van der Waals surface area contributed by atoms with E-state index in [0.29, 0.717) is 0 Å². The van der Waals surface area contributed by atoms with E-state index in [1.807, 2.05) is 54.7 Å². The fourth-order valence-corrected chi connectivity index (χ4v) is 4.41. The molecule has 0 spiro atoms. The molecule has 0 N–H and O–H groups in total. The van der Waals surface area contributed by atoms with Gasteiger partial charge in [0, 0.05) is 22.4 Å². The first-order chi connectivity index (χ1) is 14.4. The number of rotatable bonds is 1. The number of hydrogen-bond acceptors (Lipinski definition) is 3. The average Bonchev–Trinajstić information content (AvgIpc) is 3.41. The highest BCUT2D eigenvalue weighted by atomic mass is 16.3. The van der Waals surface area contributed by atoms with E-state index in [-0.39, 0.29) is 0 Å². The summed E-state index contributed by atoms with van der Waals surface area (Å²) in [4.78, 5) is 4.68. The van der Waals surface area contributed by atoms with Crippen LogP contribution >= 0.6 is 0 Å². The monoisotopic (exact) mass is 374 g/mol. The molecule has 0 aliphatic carbocycles. The van der Waals surface area contributed by atoms with Crippen molar-refractivity contribution in [3.8, 4) is 5.69 Å². The molecule has 3 aromatic carbocycles. The lowest BCUT2D eigenvalue weighted by Gasteiger charge is -2.06. The normalized spacial score (nSPS) is 12.1. The van der Waals surface area contributed by atoms with Gasteiger partial charge in [0.25, 0.3) is 0 Å². The number of aromatic nitrogens is 2. The lowest BCUT2D eigenvalue weighted by molar-refractivity contribution is 0.645. The fraction of sp³-hybridized carbons (Fsp3) is 0. The van der Waals surface area contributed by atoms with Gasteiger partial charge in [0.15, 0.2) is 0 Å². The summed E-state index contributed by atoms with van der Waals surface area (Å²) in [5.41, 5.74) is 6.46. The average molecular weight is 374 g/mol. The molecule has 0 fully saturated rings. The number of pyridine rings is 1. The lowest BCUT2D eigenvalue weighted by atomic mass is 10.1. The molecule has 4 heteroatoms. The molecule has 7 rings (SSSR count). The quantitative estimate of drug-likeness (QED) is 0.316. The van der Waals surface area contributed by atoms with Crippen molar-refractivity contribution in [2.45, 2.75) is 0 Å². The molecular formula is C25H14N2O2. The molecule has 4 nitrogen and oxygen atoms in total. The van der Waals surface area contributed by atoms with Crippen LogP contribution in [0.2, 0.25) is 0 Å². The third-order valence-corrected chi connectivity index (χ3v) is 5.66. The molecular weight excluding hydrogens is 360 g/mol. The van der Waals surface area contributed by atoms with Gasteiger partial charge in [0.05, 0.1) is 16.6 Å². The second-order valence-electron chi connectivity index (χ2n) is 7.26. The van der Waals surface area contributed by atoms with E-state index in [4.69, 9.17) is 8.83 Å². The van der Waals surface area contributed by atoms with E-state index in [9.17, 15) is 0 Å². The van der Waals surface area contributed by atoms with Crippen molar-refractivity contribution in [2.75, 3.05) is 0 Å². The van der Waals surface area contributed by atoms with E-state index in [1.54, 1.807) is 0 Å². The van der Waals surface area contributed by atoms with Crippen molar-refractivity contribution in [2.24, 2.45) is 0 Å². The minimum absolute atomic E-state index is 0.812. The number of hydrogen-bond donors (Lipinski definition) is 0. The van der Waals surface area contributed by atoms with Crippen LogP contribution in [0.5, 0.6) is 0 Å². The van der Waals surface area contributed by atoms with E-state index in [1.165, 1.54) is 0 Å². The van der Waals surface area contributed by atoms with Crippen molar-refractivity contribution < 1.29 is 8.83 Å². The Kier molecular flexibility index (Phi) is 2.71. The predicted octanol–water partition coefficient (Wildman–Crippen LogP) is 6.82. The van der Waals surface area contributed by atoms with E-state index in [2.05, 4.69) is 39.9 Å². The number of furan rings is 2. The number of para-hydroxylation sites is 2.